The molecule has 1 heterocycles. The zero-order chi connectivity index (χ0) is 28.3. The first kappa shape index (κ1) is 28.2. The molecule has 2 N–H and O–H groups in total. The second-order valence-corrected chi connectivity index (χ2v) is 11.2. The number of rotatable bonds is 6. The molecule has 200 valence electrons. The summed E-state index contributed by atoms with van der Waals surface area (Å²) in [6.45, 7) is 14.4. The van der Waals surface area contributed by atoms with Crippen LogP contribution in [0.3, 0.4) is 0 Å². The summed E-state index contributed by atoms with van der Waals surface area (Å²) in [5.74, 6) is -0.0694. The minimum Gasteiger partial charge on any atom is -0.493 e. The number of carbonyl (C=O) groups excluding carboxylic acids is 2. The summed E-state index contributed by atoms with van der Waals surface area (Å²) in [4.78, 5) is 25.3. The van der Waals surface area contributed by atoms with Gasteiger partial charge in [-0.1, -0.05) is 57.9 Å². The zero-order valence-electron chi connectivity index (χ0n) is 23.1. The number of methoxy groups -OCH3 is 1. The van der Waals surface area contributed by atoms with Crippen LogP contribution in [-0.4, -0.2) is 40.6 Å². The molecule has 0 fully saturated rings. The van der Waals surface area contributed by atoms with Gasteiger partial charge in [-0.25, -0.2) is 9.48 Å². The van der Waals surface area contributed by atoms with Crippen LogP contribution in [0.2, 0.25) is 0 Å². The monoisotopic (exact) mass is 518 g/mol. The van der Waals surface area contributed by atoms with Gasteiger partial charge < -0.3 is 20.1 Å². The Kier molecular flexibility index (Phi) is 8.10. The Hall–Kier alpha value is -4.39. The number of ether oxygens (including phenoxy) is 2. The van der Waals surface area contributed by atoms with Gasteiger partial charge in [-0.2, -0.15) is 5.26 Å². The molecule has 3 rings (SSSR count). The first-order valence-corrected chi connectivity index (χ1v) is 12.1. The fraction of sp³-hybridized carbons (Fsp3) is 0.393. The number of amides is 2. The van der Waals surface area contributed by atoms with Crippen molar-refractivity contribution in [2.45, 2.75) is 53.9 Å². The zero-order valence-corrected chi connectivity index (χ0v) is 23.1. The van der Waals surface area contributed by atoms with Crippen molar-refractivity contribution in [1.82, 2.24) is 20.3 Å². The van der Waals surface area contributed by atoms with Crippen LogP contribution in [0.1, 0.15) is 68.6 Å². The van der Waals surface area contributed by atoms with Gasteiger partial charge in [0.25, 0.3) is 11.8 Å². The minimum atomic E-state index is -0.625. The van der Waals surface area contributed by atoms with Crippen LogP contribution in [0, 0.1) is 23.7 Å². The lowest BCUT2D eigenvalue weighted by Crippen LogP contribution is -2.34. The van der Waals surface area contributed by atoms with Gasteiger partial charge >= 0.3 is 6.09 Å². The van der Waals surface area contributed by atoms with E-state index in [0.717, 1.165) is 11.1 Å². The molecule has 0 saturated carbocycles. The molecular formula is C28H34N6O4. The van der Waals surface area contributed by atoms with E-state index >= 15 is 0 Å². The molecule has 2 amide bonds. The van der Waals surface area contributed by atoms with Crippen molar-refractivity contribution in [2.24, 2.45) is 5.41 Å². The highest BCUT2D eigenvalue weighted by Crippen LogP contribution is 2.35. The summed E-state index contributed by atoms with van der Waals surface area (Å²) >= 11 is 0. The van der Waals surface area contributed by atoms with Gasteiger partial charge in [0, 0.05) is 12.1 Å². The highest BCUT2D eigenvalue weighted by molar-refractivity contribution is 6.05. The molecule has 0 aliphatic rings. The second kappa shape index (κ2) is 10.9. The van der Waals surface area contributed by atoms with Crippen molar-refractivity contribution < 1.29 is 19.1 Å². The molecule has 0 atom stereocenters. The average Bonchev–Trinajstić information content (AvgIpc) is 3.29. The molecule has 1 aromatic heterocycles. The summed E-state index contributed by atoms with van der Waals surface area (Å²) in [6.07, 6.45) is 0.843. The van der Waals surface area contributed by atoms with Crippen LogP contribution in [0.25, 0.3) is 5.69 Å². The van der Waals surface area contributed by atoms with Crippen LogP contribution in [0.15, 0.2) is 36.5 Å². The van der Waals surface area contributed by atoms with E-state index in [1.165, 1.54) is 18.0 Å². The lowest BCUT2D eigenvalue weighted by Gasteiger charge is -2.22. The van der Waals surface area contributed by atoms with E-state index in [1.807, 2.05) is 54.5 Å². The molecule has 2 aromatic carbocycles. The van der Waals surface area contributed by atoms with Crippen LogP contribution in [0.5, 0.6) is 11.6 Å². The fourth-order valence-corrected chi connectivity index (χ4v) is 3.53. The maximum Gasteiger partial charge on any atom is 0.414 e. The number of nitrogens with one attached hydrogen (secondary N) is 2. The molecule has 0 radical (unpaired) electrons. The van der Waals surface area contributed by atoms with Gasteiger partial charge in [0.05, 0.1) is 30.2 Å². The number of aryl methyl sites for hydroxylation is 1. The summed E-state index contributed by atoms with van der Waals surface area (Å²) in [6, 6.07) is 10.9. The van der Waals surface area contributed by atoms with E-state index in [1.54, 1.807) is 24.3 Å². The summed E-state index contributed by atoms with van der Waals surface area (Å²) in [5.41, 5.74) is 3.05. The van der Waals surface area contributed by atoms with Gasteiger partial charge in [0.2, 0.25) is 0 Å². The normalized spacial score (nSPS) is 11.4. The molecule has 0 aliphatic heterocycles. The molecule has 38 heavy (non-hydrogen) atoms. The molecule has 0 unspecified atom stereocenters. The highest BCUT2D eigenvalue weighted by Gasteiger charge is 2.22. The third kappa shape index (κ3) is 6.88. The number of aromatic nitrogens is 3. The first-order valence-electron chi connectivity index (χ1n) is 12.1. The summed E-state index contributed by atoms with van der Waals surface area (Å²) < 4.78 is 12.1. The van der Waals surface area contributed by atoms with E-state index in [0.29, 0.717) is 34.8 Å². The molecule has 10 nitrogen and oxygen atoms in total. The molecule has 0 spiro atoms. The maximum atomic E-state index is 13.3. The van der Waals surface area contributed by atoms with Crippen molar-refractivity contribution >= 4 is 17.7 Å². The third-order valence-corrected chi connectivity index (χ3v) is 5.68. The lowest BCUT2D eigenvalue weighted by atomic mass is 9.85. The van der Waals surface area contributed by atoms with E-state index in [-0.39, 0.29) is 16.7 Å². The topological polar surface area (TPSA) is 131 Å². The smallest absolute Gasteiger partial charge is 0.414 e. The largest absolute Gasteiger partial charge is 0.493 e. The second-order valence-electron chi connectivity index (χ2n) is 11.2. The van der Waals surface area contributed by atoms with Crippen LogP contribution >= 0.6 is 0 Å². The molecule has 3 aromatic rings. The van der Waals surface area contributed by atoms with E-state index in [2.05, 4.69) is 27.0 Å². The number of nitrogens with zero attached hydrogens (tertiary/aromatic N) is 4. The number of anilines is 1. The van der Waals surface area contributed by atoms with E-state index in [9.17, 15) is 14.9 Å². The Bertz CT molecular complexity index is 1390. The lowest BCUT2D eigenvalue weighted by molar-refractivity contribution is 0.102. The van der Waals surface area contributed by atoms with Gasteiger partial charge in [-0.3, -0.25) is 4.79 Å². The average molecular weight is 519 g/mol. The Morgan fingerprint density at radius 1 is 1.11 bits per heavy atom. The predicted octanol–water partition coefficient (Wildman–Crippen LogP) is 5.14. The predicted molar refractivity (Wildman–Crippen MR) is 144 cm³/mol. The van der Waals surface area contributed by atoms with Gasteiger partial charge in [0.1, 0.15) is 6.07 Å². The van der Waals surface area contributed by atoms with Crippen molar-refractivity contribution in [3.8, 4) is 23.4 Å². The number of hydrogen-bond acceptors (Lipinski definition) is 7. The molecule has 10 heteroatoms. The standard InChI is InChI=1S/C28H34N6O4/c1-17-9-10-18(12-22(17)34-15-23(32-33-34)38-26(36)30-16-27(2,3)4)25(35)31-21-13-20(28(5,6)7)11-19(14-29)24(21)37-8/h9-13,15H,16H2,1-8H3,(H,30,36)(H,31,35). The Balaban J connectivity index is 1.86. The van der Waals surface area contributed by atoms with Crippen molar-refractivity contribution in [2.75, 3.05) is 19.0 Å². The molecule has 0 saturated heterocycles. The van der Waals surface area contributed by atoms with Crippen molar-refractivity contribution in [1.29, 1.82) is 5.26 Å². The number of benzene rings is 2. The van der Waals surface area contributed by atoms with Gasteiger partial charge in [-0.15, -0.1) is 0 Å². The minimum absolute atomic E-state index is 0.0263. The quantitative estimate of drug-likeness (QED) is 0.462. The Labute approximate surface area is 222 Å². The summed E-state index contributed by atoms with van der Waals surface area (Å²) in [7, 11) is 1.46. The van der Waals surface area contributed by atoms with Gasteiger partial charge in [0.15, 0.2) is 5.75 Å². The van der Waals surface area contributed by atoms with E-state index in [4.69, 9.17) is 9.47 Å². The van der Waals surface area contributed by atoms with Crippen molar-refractivity contribution in [3.63, 3.8) is 0 Å². The maximum absolute atomic E-state index is 13.3. The number of nitriles is 1. The Morgan fingerprint density at radius 3 is 2.42 bits per heavy atom. The van der Waals surface area contributed by atoms with Crippen LogP contribution in [-0.2, 0) is 5.41 Å². The van der Waals surface area contributed by atoms with Crippen molar-refractivity contribution in [3.05, 3.63) is 58.8 Å². The Morgan fingerprint density at radius 2 is 1.82 bits per heavy atom. The first-order chi connectivity index (χ1) is 17.7. The molecule has 0 aliphatic carbocycles. The number of hydrogen-bond donors (Lipinski definition) is 2. The fourth-order valence-electron chi connectivity index (χ4n) is 3.53. The highest BCUT2D eigenvalue weighted by atomic mass is 16.6. The SMILES string of the molecule is COc1c(C#N)cc(C(C)(C)C)cc1NC(=O)c1ccc(C)c(-n2cc(OC(=O)NCC(C)(C)C)nn2)c1. The molecule has 0 bridgehead atoms. The van der Waals surface area contributed by atoms with Crippen LogP contribution < -0.4 is 20.1 Å². The third-order valence-electron chi connectivity index (χ3n) is 5.68. The van der Waals surface area contributed by atoms with Gasteiger partial charge in [-0.05, 0) is 53.1 Å². The van der Waals surface area contributed by atoms with Crippen LogP contribution in [0.4, 0.5) is 10.5 Å². The van der Waals surface area contributed by atoms with E-state index < -0.39 is 12.0 Å². The summed E-state index contributed by atoms with van der Waals surface area (Å²) in [5, 5.41) is 23.2. The molecular weight excluding hydrogens is 484 g/mol. The number of carbonyl (C=O) groups is 2.